The highest BCUT2D eigenvalue weighted by Gasteiger charge is 2.35. The minimum atomic E-state index is -4.63. The fourth-order valence-corrected chi connectivity index (χ4v) is 2.18. The van der Waals surface area contributed by atoms with Gasteiger partial charge in [-0.3, -0.25) is 0 Å². The van der Waals surface area contributed by atoms with E-state index in [-0.39, 0.29) is 11.5 Å². The lowest BCUT2D eigenvalue weighted by Crippen LogP contribution is -2.13. The van der Waals surface area contributed by atoms with Crippen molar-refractivity contribution in [3.05, 3.63) is 54.4 Å². The number of hydrogen-bond donors (Lipinski definition) is 1. The number of fused-ring (bicyclic) bond motifs is 1. The van der Waals surface area contributed by atoms with Gasteiger partial charge in [0, 0.05) is 11.6 Å². The van der Waals surface area contributed by atoms with E-state index in [4.69, 9.17) is 5.73 Å². The zero-order valence-corrected chi connectivity index (χ0v) is 10.7. The van der Waals surface area contributed by atoms with Crippen LogP contribution in [0.25, 0.3) is 22.0 Å². The van der Waals surface area contributed by atoms with Crippen LogP contribution in [0, 0.1) is 0 Å². The van der Waals surface area contributed by atoms with Gasteiger partial charge in [-0.2, -0.15) is 13.2 Å². The lowest BCUT2D eigenvalue weighted by molar-refractivity contribution is -0.144. The van der Waals surface area contributed by atoms with Crippen molar-refractivity contribution in [3.8, 4) is 11.3 Å². The van der Waals surface area contributed by atoms with Crippen molar-refractivity contribution in [2.45, 2.75) is 6.18 Å². The quantitative estimate of drug-likeness (QED) is 0.739. The molecular formula is C15H10F3N3. The lowest BCUT2D eigenvalue weighted by atomic mass is 10.0. The Labute approximate surface area is 118 Å². The molecule has 1 heterocycles. The molecule has 0 bridgehead atoms. The second kappa shape index (κ2) is 4.73. The maximum absolute atomic E-state index is 12.8. The van der Waals surface area contributed by atoms with Gasteiger partial charge in [0.05, 0.1) is 5.69 Å². The van der Waals surface area contributed by atoms with Crippen LogP contribution < -0.4 is 5.73 Å². The first-order valence-corrected chi connectivity index (χ1v) is 6.15. The SMILES string of the molecule is Nc1cc(-c2cccc3ccccc23)nc(C(F)(F)F)n1. The highest BCUT2D eigenvalue weighted by atomic mass is 19.4. The number of alkyl halides is 3. The van der Waals surface area contributed by atoms with Gasteiger partial charge < -0.3 is 5.73 Å². The summed E-state index contributed by atoms with van der Waals surface area (Å²) in [5.74, 6) is -1.44. The van der Waals surface area contributed by atoms with Gasteiger partial charge in [0.1, 0.15) is 5.82 Å². The van der Waals surface area contributed by atoms with Gasteiger partial charge in [0.25, 0.3) is 0 Å². The van der Waals surface area contributed by atoms with E-state index in [2.05, 4.69) is 9.97 Å². The van der Waals surface area contributed by atoms with Crippen LogP contribution >= 0.6 is 0 Å². The van der Waals surface area contributed by atoms with Crippen LogP contribution in [0.15, 0.2) is 48.5 Å². The summed E-state index contributed by atoms with van der Waals surface area (Å²) in [6, 6.07) is 14.1. The molecule has 3 aromatic rings. The van der Waals surface area contributed by atoms with Crippen LogP contribution in [0.1, 0.15) is 5.82 Å². The molecule has 0 aliphatic rings. The Kier molecular flexibility index (Phi) is 3.01. The van der Waals surface area contributed by atoms with E-state index >= 15 is 0 Å². The van der Waals surface area contributed by atoms with E-state index in [1.165, 1.54) is 6.07 Å². The highest BCUT2D eigenvalue weighted by molar-refractivity contribution is 5.95. The first-order valence-electron chi connectivity index (χ1n) is 6.15. The molecule has 0 unspecified atom stereocenters. The summed E-state index contributed by atoms with van der Waals surface area (Å²) in [6.07, 6.45) is -4.63. The van der Waals surface area contributed by atoms with Gasteiger partial charge in [-0.15, -0.1) is 0 Å². The van der Waals surface area contributed by atoms with E-state index in [0.717, 1.165) is 10.8 Å². The maximum atomic E-state index is 12.8. The number of halogens is 3. The predicted molar refractivity (Wildman–Crippen MR) is 74.4 cm³/mol. The van der Waals surface area contributed by atoms with Crippen molar-refractivity contribution in [2.24, 2.45) is 0 Å². The second-order valence-electron chi connectivity index (χ2n) is 4.53. The molecule has 21 heavy (non-hydrogen) atoms. The van der Waals surface area contributed by atoms with Crippen molar-refractivity contribution in [1.82, 2.24) is 9.97 Å². The molecule has 0 amide bonds. The molecule has 1 aromatic heterocycles. The van der Waals surface area contributed by atoms with Crippen LogP contribution in [-0.4, -0.2) is 9.97 Å². The molecule has 3 rings (SSSR count). The number of nitrogen functional groups attached to an aromatic ring is 1. The summed E-state index contributed by atoms with van der Waals surface area (Å²) in [6.45, 7) is 0. The molecule has 0 saturated heterocycles. The average Bonchev–Trinajstić information content (AvgIpc) is 2.45. The summed E-state index contributed by atoms with van der Waals surface area (Å²) < 4.78 is 38.4. The van der Waals surface area contributed by atoms with Crippen molar-refractivity contribution in [2.75, 3.05) is 5.73 Å². The van der Waals surface area contributed by atoms with Crippen molar-refractivity contribution < 1.29 is 13.2 Å². The van der Waals surface area contributed by atoms with Crippen LogP contribution in [0.4, 0.5) is 19.0 Å². The van der Waals surface area contributed by atoms with Crippen LogP contribution in [0.2, 0.25) is 0 Å². The van der Waals surface area contributed by atoms with Gasteiger partial charge in [0.15, 0.2) is 0 Å². The highest BCUT2D eigenvalue weighted by Crippen LogP contribution is 2.32. The normalized spacial score (nSPS) is 11.8. The summed E-state index contributed by atoms with van der Waals surface area (Å²) in [4.78, 5) is 6.86. The summed E-state index contributed by atoms with van der Waals surface area (Å²) in [5.41, 5.74) is 6.24. The molecule has 0 atom stereocenters. The topological polar surface area (TPSA) is 51.8 Å². The molecule has 0 radical (unpaired) electrons. The molecule has 0 spiro atoms. The standard InChI is InChI=1S/C15H10F3N3/c16-15(17,18)14-20-12(8-13(19)21-14)11-7-3-5-9-4-1-2-6-10(9)11/h1-8H,(H2,19,20,21). The minimum absolute atomic E-state index is 0.159. The maximum Gasteiger partial charge on any atom is 0.451 e. The van der Waals surface area contributed by atoms with Gasteiger partial charge in [-0.1, -0.05) is 42.5 Å². The van der Waals surface area contributed by atoms with Crippen LogP contribution in [-0.2, 0) is 6.18 Å². The summed E-state index contributed by atoms with van der Waals surface area (Å²) in [7, 11) is 0. The Hall–Kier alpha value is -2.63. The van der Waals surface area contributed by atoms with Gasteiger partial charge in [0.2, 0.25) is 5.82 Å². The van der Waals surface area contributed by atoms with E-state index in [0.29, 0.717) is 5.56 Å². The molecule has 0 aliphatic carbocycles. The fraction of sp³-hybridized carbons (Fsp3) is 0.0667. The third kappa shape index (κ3) is 2.52. The molecule has 3 nitrogen and oxygen atoms in total. The molecule has 2 aromatic carbocycles. The number of benzene rings is 2. The summed E-state index contributed by atoms with van der Waals surface area (Å²) in [5, 5.41) is 1.73. The van der Waals surface area contributed by atoms with Crippen LogP contribution in [0.3, 0.4) is 0 Å². The van der Waals surface area contributed by atoms with Gasteiger partial charge >= 0.3 is 6.18 Å². The van der Waals surface area contributed by atoms with E-state index in [1.54, 1.807) is 12.1 Å². The Morgan fingerprint density at radius 3 is 2.38 bits per heavy atom. The number of aromatic nitrogens is 2. The second-order valence-corrected chi connectivity index (χ2v) is 4.53. The van der Waals surface area contributed by atoms with E-state index in [1.807, 2.05) is 30.3 Å². The Balaban J connectivity index is 2.26. The molecule has 0 saturated carbocycles. The fourth-order valence-electron chi connectivity index (χ4n) is 2.18. The smallest absolute Gasteiger partial charge is 0.384 e. The molecule has 0 aliphatic heterocycles. The Morgan fingerprint density at radius 1 is 0.905 bits per heavy atom. The monoisotopic (exact) mass is 289 g/mol. The van der Waals surface area contributed by atoms with E-state index in [9.17, 15) is 13.2 Å². The largest absolute Gasteiger partial charge is 0.451 e. The summed E-state index contributed by atoms with van der Waals surface area (Å²) >= 11 is 0. The number of nitrogens with zero attached hydrogens (tertiary/aromatic N) is 2. The first kappa shape index (κ1) is 13.4. The number of anilines is 1. The third-order valence-corrected chi connectivity index (χ3v) is 3.07. The van der Waals surface area contributed by atoms with Crippen LogP contribution in [0.5, 0.6) is 0 Å². The average molecular weight is 289 g/mol. The van der Waals surface area contributed by atoms with Gasteiger partial charge in [-0.05, 0) is 10.8 Å². The number of hydrogen-bond acceptors (Lipinski definition) is 3. The van der Waals surface area contributed by atoms with E-state index < -0.39 is 12.0 Å². The molecule has 2 N–H and O–H groups in total. The third-order valence-electron chi connectivity index (χ3n) is 3.07. The van der Waals surface area contributed by atoms with Crippen molar-refractivity contribution in [1.29, 1.82) is 0 Å². The van der Waals surface area contributed by atoms with Gasteiger partial charge in [-0.25, -0.2) is 9.97 Å². The van der Waals surface area contributed by atoms with Crippen molar-refractivity contribution >= 4 is 16.6 Å². The molecular weight excluding hydrogens is 279 g/mol. The predicted octanol–water partition coefficient (Wildman–Crippen LogP) is 3.90. The molecule has 0 fully saturated rings. The van der Waals surface area contributed by atoms with Crippen molar-refractivity contribution in [3.63, 3.8) is 0 Å². The first-order chi connectivity index (χ1) is 9.95. The Bertz CT molecular complexity index is 807. The number of nitrogens with two attached hydrogens (primary N) is 1. The Morgan fingerprint density at radius 2 is 1.62 bits per heavy atom. The number of rotatable bonds is 1. The zero-order chi connectivity index (χ0) is 15.0. The zero-order valence-electron chi connectivity index (χ0n) is 10.7. The lowest BCUT2D eigenvalue weighted by Gasteiger charge is -2.10. The molecule has 6 heteroatoms. The minimum Gasteiger partial charge on any atom is -0.384 e. The molecule has 106 valence electrons.